The smallest absolute Gasteiger partial charge is 0.177 e. The number of aromatic nitrogens is 5. The van der Waals surface area contributed by atoms with Crippen molar-refractivity contribution in [3.63, 3.8) is 0 Å². The summed E-state index contributed by atoms with van der Waals surface area (Å²) in [5.74, 6) is 2.15. The molecule has 0 radical (unpaired) electrons. The Morgan fingerprint density at radius 3 is 2.78 bits per heavy atom. The van der Waals surface area contributed by atoms with E-state index in [1.54, 1.807) is 4.68 Å². The molecule has 0 aliphatic carbocycles. The van der Waals surface area contributed by atoms with E-state index in [1.807, 2.05) is 19.1 Å². The van der Waals surface area contributed by atoms with Gasteiger partial charge < -0.3 is 5.32 Å². The highest BCUT2D eigenvalue weighted by atomic mass is 15.4. The first kappa shape index (κ1) is 12.6. The van der Waals surface area contributed by atoms with Gasteiger partial charge in [0.05, 0.1) is 12.2 Å². The fraction of sp³-hybridized carbons (Fsp3) is 0.500. The predicted octanol–water partition coefficient (Wildman–Crippen LogP) is 1.11. The lowest BCUT2D eigenvalue weighted by atomic mass is 10.2. The highest BCUT2D eigenvalue weighted by Gasteiger charge is 2.07. The molecule has 0 aromatic carbocycles. The number of rotatable bonds is 5. The Kier molecular flexibility index (Phi) is 3.99. The van der Waals surface area contributed by atoms with Gasteiger partial charge in [-0.25, -0.2) is 4.98 Å². The SMILES string of the molecule is Cc1ccc(-n2ncnc2CNCC(C)C)nn1. The topological polar surface area (TPSA) is 68.5 Å². The van der Waals surface area contributed by atoms with E-state index in [0.717, 1.165) is 18.1 Å². The fourth-order valence-corrected chi connectivity index (χ4v) is 1.55. The molecule has 1 N–H and O–H groups in total. The zero-order chi connectivity index (χ0) is 13.0. The zero-order valence-corrected chi connectivity index (χ0v) is 11.0. The Hall–Kier alpha value is -1.82. The average Bonchev–Trinajstić information content (AvgIpc) is 2.78. The number of hydrogen-bond donors (Lipinski definition) is 1. The Bertz CT molecular complexity index is 488. The fourth-order valence-electron chi connectivity index (χ4n) is 1.55. The number of nitrogens with zero attached hydrogens (tertiary/aromatic N) is 5. The molecule has 0 bridgehead atoms. The van der Waals surface area contributed by atoms with Gasteiger partial charge in [-0.1, -0.05) is 13.8 Å². The van der Waals surface area contributed by atoms with Gasteiger partial charge in [0.2, 0.25) is 0 Å². The quantitative estimate of drug-likeness (QED) is 0.856. The number of hydrogen-bond acceptors (Lipinski definition) is 5. The van der Waals surface area contributed by atoms with E-state index >= 15 is 0 Å². The molecule has 6 heteroatoms. The van der Waals surface area contributed by atoms with E-state index in [4.69, 9.17) is 0 Å². The zero-order valence-electron chi connectivity index (χ0n) is 11.0. The minimum absolute atomic E-state index is 0.612. The van der Waals surface area contributed by atoms with Gasteiger partial charge >= 0.3 is 0 Å². The summed E-state index contributed by atoms with van der Waals surface area (Å²) >= 11 is 0. The molecule has 2 aromatic rings. The molecule has 2 heterocycles. The van der Waals surface area contributed by atoms with Gasteiger partial charge in [0, 0.05) is 0 Å². The summed E-state index contributed by atoms with van der Waals surface area (Å²) in [7, 11) is 0. The molecule has 0 saturated carbocycles. The van der Waals surface area contributed by atoms with Crippen molar-refractivity contribution in [2.45, 2.75) is 27.3 Å². The standard InChI is InChI=1S/C12H18N6/c1-9(2)6-13-7-12-14-8-15-18(12)11-5-4-10(3)16-17-11/h4-5,8-9,13H,6-7H2,1-3H3. The maximum atomic E-state index is 4.23. The summed E-state index contributed by atoms with van der Waals surface area (Å²) in [5, 5.41) is 15.6. The summed E-state index contributed by atoms with van der Waals surface area (Å²) in [6.07, 6.45) is 1.54. The summed E-state index contributed by atoms with van der Waals surface area (Å²) in [5.41, 5.74) is 0.887. The van der Waals surface area contributed by atoms with Crippen LogP contribution in [0, 0.1) is 12.8 Å². The monoisotopic (exact) mass is 246 g/mol. The van der Waals surface area contributed by atoms with Crippen LogP contribution in [0.2, 0.25) is 0 Å². The molecule has 0 atom stereocenters. The molecule has 6 nitrogen and oxygen atoms in total. The van der Waals surface area contributed by atoms with Gasteiger partial charge in [-0.2, -0.15) is 14.9 Å². The minimum Gasteiger partial charge on any atom is -0.310 e. The average molecular weight is 246 g/mol. The molecule has 96 valence electrons. The van der Waals surface area contributed by atoms with Crippen molar-refractivity contribution in [3.05, 3.63) is 30.0 Å². The van der Waals surface area contributed by atoms with Crippen LogP contribution in [0.25, 0.3) is 5.82 Å². The maximum absolute atomic E-state index is 4.23. The van der Waals surface area contributed by atoms with Crippen LogP contribution in [0.15, 0.2) is 18.5 Å². The first-order chi connectivity index (χ1) is 8.66. The van der Waals surface area contributed by atoms with Crippen LogP contribution in [0.5, 0.6) is 0 Å². The van der Waals surface area contributed by atoms with Gasteiger partial charge in [-0.3, -0.25) is 0 Å². The van der Waals surface area contributed by atoms with Crippen molar-refractivity contribution < 1.29 is 0 Å². The molecule has 2 aromatic heterocycles. The normalized spacial score (nSPS) is 11.1. The predicted molar refractivity (Wildman–Crippen MR) is 68.2 cm³/mol. The number of nitrogens with one attached hydrogen (secondary N) is 1. The van der Waals surface area contributed by atoms with Gasteiger partial charge in [0.15, 0.2) is 5.82 Å². The second kappa shape index (κ2) is 5.68. The number of aryl methyl sites for hydroxylation is 1. The maximum Gasteiger partial charge on any atom is 0.177 e. The highest BCUT2D eigenvalue weighted by Crippen LogP contribution is 2.04. The third-order valence-electron chi connectivity index (χ3n) is 2.45. The van der Waals surface area contributed by atoms with Crippen LogP contribution in [-0.4, -0.2) is 31.5 Å². The lowest BCUT2D eigenvalue weighted by Gasteiger charge is -2.08. The lowest BCUT2D eigenvalue weighted by molar-refractivity contribution is 0.536. The van der Waals surface area contributed by atoms with Crippen LogP contribution in [-0.2, 0) is 6.54 Å². The van der Waals surface area contributed by atoms with Crippen LogP contribution in [0.3, 0.4) is 0 Å². The van der Waals surface area contributed by atoms with Crippen molar-refractivity contribution >= 4 is 0 Å². The Morgan fingerprint density at radius 2 is 2.11 bits per heavy atom. The van der Waals surface area contributed by atoms with Gasteiger partial charge in [-0.05, 0) is 31.5 Å². The van der Waals surface area contributed by atoms with Gasteiger partial charge in [-0.15, -0.1) is 5.10 Å². The second-order valence-electron chi connectivity index (χ2n) is 4.65. The second-order valence-corrected chi connectivity index (χ2v) is 4.65. The largest absolute Gasteiger partial charge is 0.310 e. The van der Waals surface area contributed by atoms with Crippen molar-refractivity contribution in [1.82, 2.24) is 30.3 Å². The Morgan fingerprint density at radius 1 is 1.28 bits per heavy atom. The van der Waals surface area contributed by atoms with Crippen LogP contribution < -0.4 is 5.32 Å². The molecule has 0 aliphatic heterocycles. The summed E-state index contributed by atoms with van der Waals surface area (Å²) in [4.78, 5) is 4.23. The van der Waals surface area contributed by atoms with E-state index in [0.29, 0.717) is 18.3 Å². The van der Waals surface area contributed by atoms with E-state index in [2.05, 4.69) is 39.4 Å². The first-order valence-electron chi connectivity index (χ1n) is 6.07. The lowest BCUT2D eigenvalue weighted by Crippen LogP contribution is -2.21. The molecular weight excluding hydrogens is 228 g/mol. The molecule has 0 amide bonds. The summed E-state index contributed by atoms with van der Waals surface area (Å²) < 4.78 is 1.71. The van der Waals surface area contributed by atoms with E-state index in [1.165, 1.54) is 6.33 Å². The van der Waals surface area contributed by atoms with Crippen LogP contribution >= 0.6 is 0 Å². The van der Waals surface area contributed by atoms with Crippen LogP contribution in [0.4, 0.5) is 0 Å². The van der Waals surface area contributed by atoms with E-state index in [9.17, 15) is 0 Å². The van der Waals surface area contributed by atoms with E-state index < -0.39 is 0 Å². The molecule has 2 rings (SSSR count). The molecule has 0 aliphatic rings. The summed E-state index contributed by atoms with van der Waals surface area (Å²) in [6.45, 7) is 7.87. The first-order valence-corrected chi connectivity index (χ1v) is 6.07. The molecule has 0 saturated heterocycles. The third kappa shape index (κ3) is 3.10. The molecular formula is C12H18N6. The van der Waals surface area contributed by atoms with Crippen LogP contribution in [0.1, 0.15) is 25.4 Å². The highest BCUT2D eigenvalue weighted by molar-refractivity contribution is 5.21. The third-order valence-corrected chi connectivity index (χ3v) is 2.45. The van der Waals surface area contributed by atoms with Gasteiger partial charge in [0.1, 0.15) is 12.2 Å². The van der Waals surface area contributed by atoms with Gasteiger partial charge in [0.25, 0.3) is 0 Å². The molecule has 18 heavy (non-hydrogen) atoms. The molecule has 0 spiro atoms. The van der Waals surface area contributed by atoms with Crippen molar-refractivity contribution in [3.8, 4) is 5.82 Å². The molecule has 0 unspecified atom stereocenters. The Labute approximate surface area is 106 Å². The van der Waals surface area contributed by atoms with Crippen molar-refractivity contribution in [1.29, 1.82) is 0 Å². The minimum atomic E-state index is 0.612. The van der Waals surface area contributed by atoms with Crippen molar-refractivity contribution in [2.75, 3.05) is 6.54 Å². The summed E-state index contributed by atoms with van der Waals surface area (Å²) in [6, 6.07) is 3.80. The van der Waals surface area contributed by atoms with Crippen molar-refractivity contribution in [2.24, 2.45) is 5.92 Å². The van der Waals surface area contributed by atoms with E-state index in [-0.39, 0.29) is 0 Å². The molecule has 0 fully saturated rings. The Balaban J connectivity index is 2.10.